The van der Waals surface area contributed by atoms with Gasteiger partial charge >= 0.3 is 6.01 Å². The zero-order valence-electron chi connectivity index (χ0n) is 9.43. The minimum atomic E-state index is 0.163. The fourth-order valence-corrected chi connectivity index (χ4v) is 1.52. The van der Waals surface area contributed by atoms with Crippen LogP contribution in [0.3, 0.4) is 0 Å². The van der Waals surface area contributed by atoms with Gasteiger partial charge < -0.3 is 15.2 Å². The van der Waals surface area contributed by atoms with Crippen molar-refractivity contribution in [3.8, 4) is 11.9 Å². The zero-order valence-corrected chi connectivity index (χ0v) is 9.43. The molecule has 1 aromatic rings. The Bertz CT molecular complexity index is 340. The molecular weight excluding hydrogens is 206 g/mol. The third-order valence-electron chi connectivity index (χ3n) is 2.47. The molecule has 16 heavy (non-hydrogen) atoms. The van der Waals surface area contributed by atoms with E-state index in [9.17, 15) is 0 Å². The van der Waals surface area contributed by atoms with E-state index in [1.165, 1.54) is 0 Å². The quantitative estimate of drug-likeness (QED) is 0.810. The second kappa shape index (κ2) is 5.12. The first-order valence-electron chi connectivity index (χ1n) is 5.66. The summed E-state index contributed by atoms with van der Waals surface area (Å²) in [7, 11) is 0. The van der Waals surface area contributed by atoms with E-state index in [1.54, 1.807) is 12.3 Å². The van der Waals surface area contributed by atoms with Crippen molar-refractivity contribution in [2.45, 2.75) is 38.3 Å². The third kappa shape index (κ3) is 2.82. The van der Waals surface area contributed by atoms with Gasteiger partial charge in [-0.2, -0.15) is 4.98 Å². The number of aromatic nitrogens is 2. The first-order valence-corrected chi connectivity index (χ1v) is 5.66. The molecule has 5 heteroatoms. The second-order valence-corrected chi connectivity index (χ2v) is 4.00. The van der Waals surface area contributed by atoms with Crippen LogP contribution < -0.4 is 15.2 Å². The molecule has 1 aliphatic carbocycles. The predicted molar refractivity (Wildman–Crippen MR) is 59.4 cm³/mol. The number of nitrogens with two attached hydrogens (primary N) is 1. The highest BCUT2D eigenvalue weighted by Gasteiger charge is 2.28. The molecule has 0 saturated heterocycles. The Morgan fingerprint density at radius 2 is 2.31 bits per heavy atom. The summed E-state index contributed by atoms with van der Waals surface area (Å²) in [4.78, 5) is 8.20. The molecular formula is C11H17N3O2. The lowest BCUT2D eigenvalue weighted by Crippen LogP contribution is -2.43. The third-order valence-corrected chi connectivity index (χ3v) is 2.47. The van der Waals surface area contributed by atoms with Crippen molar-refractivity contribution in [2.24, 2.45) is 5.73 Å². The van der Waals surface area contributed by atoms with Crippen LogP contribution >= 0.6 is 0 Å². The van der Waals surface area contributed by atoms with E-state index in [0.717, 1.165) is 19.3 Å². The minimum absolute atomic E-state index is 0.163. The largest absolute Gasteiger partial charge is 0.478 e. The van der Waals surface area contributed by atoms with Gasteiger partial charge in [0.1, 0.15) is 6.10 Å². The fourth-order valence-electron chi connectivity index (χ4n) is 1.52. The molecule has 0 unspecified atom stereocenters. The number of ether oxygens (including phenoxy) is 2. The monoisotopic (exact) mass is 223 g/mol. The Balaban J connectivity index is 1.88. The normalized spacial score (nSPS) is 23.6. The number of nitrogens with zero attached hydrogens (tertiary/aromatic N) is 2. The number of hydrogen-bond acceptors (Lipinski definition) is 5. The molecule has 0 atom stereocenters. The van der Waals surface area contributed by atoms with Gasteiger partial charge in [-0.25, -0.2) is 4.98 Å². The smallest absolute Gasteiger partial charge is 0.319 e. The standard InChI is InChI=1S/C11H17N3O2/c1-2-5-15-10-3-4-13-11(14-10)16-9-6-8(12)7-9/h3-4,8-9H,2,5-7,12H2,1H3. The van der Waals surface area contributed by atoms with E-state index in [0.29, 0.717) is 18.5 Å². The van der Waals surface area contributed by atoms with Crippen molar-refractivity contribution in [3.05, 3.63) is 12.3 Å². The number of rotatable bonds is 5. The highest BCUT2D eigenvalue weighted by molar-refractivity contribution is 5.11. The molecule has 2 N–H and O–H groups in total. The van der Waals surface area contributed by atoms with Crippen LogP contribution in [0, 0.1) is 0 Å². The minimum Gasteiger partial charge on any atom is -0.478 e. The number of hydrogen-bond donors (Lipinski definition) is 1. The highest BCUT2D eigenvalue weighted by atomic mass is 16.5. The van der Waals surface area contributed by atoms with E-state index < -0.39 is 0 Å². The Morgan fingerprint density at radius 1 is 1.50 bits per heavy atom. The summed E-state index contributed by atoms with van der Waals surface area (Å²) >= 11 is 0. The fraction of sp³-hybridized carbons (Fsp3) is 0.636. The highest BCUT2D eigenvalue weighted by Crippen LogP contribution is 2.23. The molecule has 1 heterocycles. The van der Waals surface area contributed by atoms with Gasteiger partial charge in [-0.05, 0) is 19.3 Å². The molecule has 1 fully saturated rings. The van der Waals surface area contributed by atoms with E-state index in [2.05, 4.69) is 9.97 Å². The first kappa shape index (κ1) is 11.1. The van der Waals surface area contributed by atoms with Crippen molar-refractivity contribution in [2.75, 3.05) is 6.61 Å². The molecule has 1 aliphatic rings. The van der Waals surface area contributed by atoms with Crippen LogP contribution in [0.2, 0.25) is 0 Å². The van der Waals surface area contributed by atoms with Gasteiger partial charge in [0.2, 0.25) is 5.88 Å². The van der Waals surface area contributed by atoms with Crippen LogP contribution in [0.15, 0.2) is 12.3 Å². The SMILES string of the molecule is CCCOc1ccnc(OC2CC(N)C2)n1. The Labute approximate surface area is 95.0 Å². The van der Waals surface area contributed by atoms with Crippen LogP contribution in [0.25, 0.3) is 0 Å². The Morgan fingerprint density at radius 3 is 3.00 bits per heavy atom. The van der Waals surface area contributed by atoms with Crippen molar-refractivity contribution < 1.29 is 9.47 Å². The summed E-state index contributed by atoms with van der Waals surface area (Å²) in [6.45, 7) is 2.71. The second-order valence-electron chi connectivity index (χ2n) is 4.00. The van der Waals surface area contributed by atoms with Crippen molar-refractivity contribution >= 4 is 0 Å². The molecule has 0 radical (unpaired) electrons. The van der Waals surface area contributed by atoms with Gasteiger partial charge in [-0.3, -0.25) is 0 Å². The molecule has 2 rings (SSSR count). The lowest BCUT2D eigenvalue weighted by atomic mass is 9.90. The Hall–Kier alpha value is -1.36. The average molecular weight is 223 g/mol. The van der Waals surface area contributed by atoms with Gasteiger partial charge in [-0.15, -0.1) is 0 Å². The van der Waals surface area contributed by atoms with Gasteiger partial charge in [0.25, 0.3) is 0 Å². The summed E-state index contributed by atoms with van der Waals surface area (Å²) in [5, 5.41) is 0. The molecule has 88 valence electrons. The molecule has 0 amide bonds. The average Bonchev–Trinajstić information content (AvgIpc) is 2.25. The lowest BCUT2D eigenvalue weighted by molar-refractivity contribution is 0.0892. The van der Waals surface area contributed by atoms with Gasteiger partial charge in [-0.1, -0.05) is 6.92 Å². The van der Waals surface area contributed by atoms with Crippen molar-refractivity contribution in [1.82, 2.24) is 9.97 Å². The summed E-state index contributed by atoms with van der Waals surface area (Å²) < 4.78 is 11.0. The topological polar surface area (TPSA) is 70.3 Å². The van der Waals surface area contributed by atoms with Crippen LogP contribution in [0.1, 0.15) is 26.2 Å². The van der Waals surface area contributed by atoms with Crippen LogP contribution in [0.4, 0.5) is 0 Å². The lowest BCUT2D eigenvalue weighted by Gasteiger charge is -2.31. The summed E-state index contributed by atoms with van der Waals surface area (Å²) in [5.74, 6) is 0.565. The van der Waals surface area contributed by atoms with Crippen molar-refractivity contribution in [1.29, 1.82) is 0 Å². The Kier molecular flexibility index (Phi) is 3.56. The van der Waals surface area contributed by atoms with E-state index >= 15 is 0 Å². The summed E-state index contributed by atoms with van der Waals surface area (Å²) in [6, 6.07) is 2.38. The maximum atomic E-state index is 5.67. The van der Waals surface area contributed by atoms with Gasteiger partial charge in [0.05, 0.1) is 6.61 Å². The van der Waals surface area contributed by atoms with E-state index in [-0.39, 0.29) is 12.1 Å². The molecule has 0 aromatic carbocycles. The maximum absolute atomic E-state index is 5.67. The van der Waals surface area contributed by atoms with Gasteiger partial charge in [0.15, 0.2) is 0 Å². The van der Waals surface area contributed by atoms with Crippen LogP contribution in [-0.4, -0.2) is 28.7 Å². The van der Waals surface area contributed by atoms with Crippen molar-refractivity contribution in [3.63, 3.8) is 0 Å². The molecule has 1 saturated carbocycles. The first-order chi connectivity index (χ1) is 7.78. The zero-order chi connectivity index (χ0) is 11.4. The molecule has 0 bridgehead atoms. The van der Waals surface area contributed by atoms with E-state index in [4.69, 9.17) is 15.2 Å². The molecule has 0 aliphatic heterocycles. The molecule has 5 nitrogen and oxygen atoms in total. The van der Waals surface area contributed by atoms with Crippen LogP contribution in [-0.2, 0) is 0 Å². The molecule has 1 aromatic heterocycles. The maximum Gasteiger partial charge on any atom is 0.319 e. The van der Waals surface area contributed by atoms with Crippen LogP contribution in [0.5, 0.6) is 11.9 Å². The predicted octanol–water partition coefficient (Wildman–Crippen LogP) is 1.13. The van der Waals surface area contributed by atoms with E-state index in [1.807, 2.05) is 6.92 Å². The van der Waals surface area contributed by atoms with Gasteiger partial charge in [0, 0.05) is 18.3 Å². The summed E-state index contributed by atoms with van der Waals surface area (Å²) in [5.41, 5.74) is 5.67. The molecule has 0 spiro atoms. The summed E-state index contributed by atoms with van der Waals surface area (Å²) in [6.07, 6.45) is 4.52.